The van der Waals surface area contributed by atoms with Crippen LogP contribution in [0.15, 0.2) is 48.0 Å². The van der Waals surface area contributed by atoms with Crippen molar-refractivity contribution in [3.05, 3.63) is 103 Å². The zero-order chi connectivity index (χ0) is 42.5. The Balaban J connectivity index is 1.40. The molecule has 0 unspecified atom stereocenters. The summed E-state index contributed by atoms with van der Waals surface area (Å²) < 4.78 is 79.2. The van der Waals surface area contributed by atoms with E-state index in [2.05, 4.69) is 0 Å². The minimum Gasteiger partial charge on any atom is -0.491 e. The van der Waals surface area contributed by atoms with Crippen LogP contribution >= 0.6 is 23.2 Å². The second kappa shape index (κ2) is 14.0. The first-order chi connectivity index (χ1) is 27.2. The molecule has 3 aromatic rings. The number of anilines is 3. The van der Waals surface area contributed by atoms with E-state index in [0.717, 1.165) is 17.0 Å². The van der Waals surface area contributed by atoms with Gasteiger partial charge in [-0.3, -0.25) is 39.4 Å². The lowest BCUT2D eigenvalue weighted by Crippen LogP contribution is -2.60. The minimum atomic E-state index is -2.83. The number of hydrogen-bond donors (Lipinski definition) is 1. The average molecular weight is 855 g/mol. The summed E-state index contributed by atoms with van der Waals surface area (Å²) >= 11 is 14.3. The van der Waals surface area contributed by atoms with Crippen LogP contribution in [0.25, 0.3) is 0 Å². The van der Waals surface area contributed by atoms with Gasteiger partial charge in [-0.15, -0.1) is 23.2 Å². The molecule has 3 aromatic carbocycles. The number of hydrogen-bond acceptors (Lipinski definition) is 11. The third-order valence-corrected chi connectivity index (χ3v) is 12.4. The van der Waals surface area contributed by atoms with Crippen molar-refractivity contribution in [2.45, 2.75) is 28.5 Å². The number of rotatable bonds is 9. The maximum absolute atomic E-state index is 15.3. The minimum absolute atomic E-state index is 0.0744. The van der Waals surface area contributed by atoms with Gasteiger partial charge in [-0.25, -0.2) is 31.8 Å². The second-order valence-electron chi connectivity index (χ2n) is 14.1. The largest absolute Gasteiger partial charge is 0.491 e. The van der Waals surface area contributed by atoms with Gasteiger partial charge in [0.05, 0.1) is 34.0 Å². The molecule has 0 spiro atoms. The molecule has 2 aliphatic heterocycles. The summed E-state index contributed by atoms with van der Waals surface area (Å²) in [4.78, 5) is 75.5. The van der Waals surface area contributed by atoms with Gasteiger partial charge in [0.2, 0.25) is 17.6 Å². The zero-order valence-electron chi connectivity index (χ0n) is 29.7. The summed E-state index contributed by atoms with van der Waals surface area (Å²) in [6, 6.07) is 7.05. The molecule has 2 heterocycles. The number of aliphatic hydroxyl groups is 1. The summed E-state index contributed by atoms with van der Waals surface area (Å²) in [5.74, 6) is -23.6. The molecule has 0 aromatic heterocycles. The van der Waals surface area contributed by atoms with Crippen molar-refractivity contribution in [2.75, 3.05) is 42.0 Å². The molecule has 58 heavy (non-hydrogen) atoms. The second-order valence-corrected chi connectivity index (χ2v) is 15.3. The lowest BCUT2D eigenvalue weighted by Gasteiger charge is -2.50. The first-order valence-corrected chi connectivity index (χ1v) is 17.8. The topological polar surface area (TPSA) is 194 Å². The Kier molecular flexibility index (Phi) is 9.75. The summed E-state index contributed by atoms with van der Waals surface area (Å²) in [5, 5.41) is 33.4. The number of fused-ring (bicyclic) bond motifs is 4. The van der Waals surface area contributed by atoms with Crippen LogP contribution in [0, 0.1) is 67.1 Å². The van der Waals surface area contributed by atoms with E-state index in [9.17, 15) is 57.7 Å². The van der Waals surface area contributed by atoms with E-state index in [0.29, 0.717) is 4.90 Å². The van der Waals surface area contributed by atoms with Crippen molar-refractivity contribution < 1.29 is 60.8 Å². The summed E-state index contributed by atoms with van der Waals surface area (Å²) in [5.41, 5.74) is -4.37. The van der Waals surface area contributed by atoms with E-state index >= 15 is 8.78 Å². The third-order valence-electron chi connectivity index (χ3n) is 10.9. The zero-order valence-corrected chi connectivity index (χ0v) is 31.2. The molecule has 1 N–H and O–H groups in total. The lowest BCUT2D eigenvalue weighted by atomic mass is 9.56. The highest BCUT2D eigenvalue weighted by atomic mass is 35.5. The molecular formula is C36H26Cl2F5N5O10. The third kappa shape index (κ3) is 5.48. The van der Waals surface area contributed by atoms with Crippen molar-refractivity contribution in [1.82, 2.24) is 0 Å². The maximum atomic E-state index is 15.3. The van der Waals surface area contributed by atoms with Gasteiger partial charge in [-0.2, -0.15) is 0 Å². The Bertz CT molecular complexity index is 2360. The van der Waals surface area contributed by atoms with Gasteiger partial charge in [-0.05, 0) is 36.5 Å². The molecule has 304 valence electrons. The molecule has 0 bridgehead atoms. The molecule has 4 aliphatic rings. The van der Waals surface area contributed by atoms with Crippen LogP contribution in [0.3, 0.4) is 0 Å². The van der Waals surface area contributed by atoms with Crippen molar-refractivity contribution >= 4 is 75.3 Å². The number of halogens is 7. The summed E-state index contributed by atoms with van der Waals surface area (Å²) in [7, 11) is 2.61. The van der Waals surface area contributed by atoms with Crippen LogP contribution in [-0.4, -0.2) is 75.6 Å². The standard InChI is InChI=1S/C36H26Cl2F5N5O10/c1-44(2)29-20(47(54)55)11-15(12-21(29)48(56)57)45-31(50)18-8-7-17-19(22(18)32(45)51)13-35(37)33(52)46(30-27(42)25(40)24(39)26(41)28(30)43)34(53)36(35,38)23(17)14-3-5-16(6-4-14)58-10-9-49/h3-7,11-12,18-19,22-23,49H,8-10,13H2,1-2H3/t18-,19+,22-,23-,35+,36-/m0/s1. The number of benzene rings is 3. The highest BCUT2D eigenvalue weighted by Gasteiger charge is 2.77. The number of carbonyl (C=O) groups is 4. The smallest absolute Gasteiger partial charge is 0.301 e. The number of nitro benzene ring substituents is 2. The lowest BCUT2D eigenvalue weighted by molar-refractivity contribution is -0.392. The number of aliphatic hydroxyl groups excluding tert-OH is 1. The highest BCUT2D eigenvalue weighted by molar-refractivity contribution is 6.58. The summed E-state index contributed by atoms with van der Waals surface area (Å²) in [6.07, 6.45) is 0.334. The molecule has 0 radical (unpaired) electrons. The van der Waals surface area contributed by atoms with Gasteiger partial charge >= 0.3 is 11.4 Å². The van der Waals surface area contributed by atoms with E-state index in [1.54, 1.807) is 0 Å². The molecule has 2 aliphatic carbocycles. The Morgan fingerprint density at radius 1 is 0.845 bits per heavy atom. The predicted molar refractivity (Wildman–Crippen MR) is 192 cm³/mol. The Hall–Kier alpha value is -5.73. The van der Waals surface area contributed by atoms with Crippen molar-refractivity contribution in [3.8, 4) is 5.75 Å². The van der Waals surface area contributed by atoms with Crippen LogP contribution < -0.4 is 19.4 Å². The molecule has 3 fully saturated rings. The van der Waals surface area contributed by atoms with Crippen LogP contribution in [0.5, 0.6) is 5.75 Å². The fraction of sp³-hybridized carbons (Fsp3) is 0.333. The Morgan fingerprint density at radius 3 is 1.91 bits per heavy atom. The number of ether oxygens (including phenoxy) is 1. The number of allylic oxidation sites excluding steroid dienone is 2. The first kappa shape index (κ1) is 40.5. The van der Waals surface area contributed by atoms with Gasteiger partial charge in [0.1, 0.15) is 18.0 Å². The SMILES string of the molecule is CN(C)c1c([N+](=O)[O-])cc(N2C(=O)[C@H]3[C@H](CC=C4[C@H]3C[C@@]3(Cl)C(=O)N(c5c(F)c(F)c(F)c(F)c5F)C(=O)[C@@]3(Cl)[C@H]4c3ccc(OCCO)cc3)C2=O)cc1[N+](=O)[O-]. The molecule has 1 saturated carbocycles. The van der Waals surface area contributed by atoms with Gasteiger partial charge in [0.25, 0.3) is 11.8 Å². The van der Waals surface area contributed by atoms with Crippen molar-refractivity contribution in [1.29, 1.82) is 0 Å². The normalized spacial score (nSPS) is 26.3. The fourth-order valence-corrected chi connectivity index (χ4v) is 9.51. The van der Waals surface area contributed by atoms with Crippen molar-refractivity contribution in [3.63, 3.8) is 0 Å². The van der Waals surface area contributed by atoms with E-state index in [1.165, 1.54) is 44.4 Å². The van der Waals surface area contributed by atoms with Crippen LogP contribution in [0.4, 0.5) is 50.4 Å². The molecule has 15 nitrogen and oxygen atoms in total. The van der Waals surface area contributed by atoms with Crippen molar-refractivity contribution in [2.24, 2.45) is 17.8 Å². The molecule has 7 rings (SSSR count). The van der Waals surface area contributed by atoms with E-state index in [1.807, 2.05) is 0 Å². The Morgan fingerprint density at radius 2 is 1.40 bits per heavy atom. The number of nitro groups is 2. The highest BCUT2D eigenvalue weighted by Crippen LogP contribution is 2.66. The number of amides is 4. The number of carbonyl (C=O) groups excluding carboxylic acids is 4. The number of nitrogens with zero attached hydrogens (tertiary/aromatic N) is 5. The van der Waals surface area contributed by atoms with E-state index in [-0.39, 0.29) is 41.4 Å². The van der Waals surface area contributed by atoms with Crippen LogP contribution in [0.1, 0.15) is 24.3 Å². The number of imide groups is 2. The average Bonchev–Trinajstić information content (AvgIpc) is 3.52. The first-order valence-electron chi connectivity index (χ1n) is 17.1. The van der Waals surface area contributed by atoms with Gasteiger partial charge in [0, 0.05) is 32.1 Å². The Labute approximate surface area is 332 Å². The molecule has 4 amide bonds. The summed E-state index contributed by atoms with van der Waals surface area (Å²) in [6.45, 7) is -0.501. The fourth-order valence-electron chi connectivity index (χ4n) is 8.57. The molecular weight excluding hydrogens is 828 g/mol. The molecule has 2 saturated heterocycles. The van der Waals surface area contributed by atoms with Crippen LogP contribution in [0.2, 0.25) is 0 Å². The van der Waals surface area contributed by atoms with Crippen LogP contribution in [-0.2, 0) is 19.2 Å². The van der Waals surface area contributed by atoms with E-state index in [4.69, 9.17) is 27.9 Å². The van der Waals surface area contributed by atoms with Gasteiger partial charge in [0.15, 0.2) is 38.7 Å². The van der Waals surface area contributed by atoms with Gasteiger partial charge < -0.3 is 14.7 Å². The number of alkyl halides is 2. The molecule has 22 heteroatoms. The maximum Gasteiger partial charge on any atom is 0.301 e. The van der Waals surface area contributed by atoms with E-state index < -0.39 is 131 Å². The quantitative estimate of drug-likeness (QED) is 0.0423. The van der Waals surface area contributed by atoms with Gasteiger partial charge in [-0.1, -0.05) is 23.8 Å². The predicted octanol–water partition coefficient (Wildman–Crippen LogP) is 5.40. The molecule has 6 atom stereocenters. The monoisotopic (exact) mass is 853 g/mol.